The van der Waals surface area contributed by atoms with Crippen molar-refractivity contribution in [1.82, 2.24) is 5.32 Å². The van der Waals surface area contributed by atoms with Crippen LogP contribution in [0.5, 0.6) is 0 Å². The molecule has 0 fully saturated rings. The summed E-state index contributed by atoms with van der Waals surface area (Å²) in [5.74, 6) is -0.133. The van der Waals surface area contributed by atoms with E-state index in [1.807, 2.05) is 35.6 Å². The van der Waals surface area contributed by atoms with Crippen LogP contribution < -0.4 is 5.32 Å². The molecule has 1 N–H and O–H groups in total. The molecule has 66 valence electrons. The van der Waals surface area contributed by atoms with Gasteiger partial charge >= 0.3 is 0 Å². The van der Waals surface area contributed by atoms with Gasteiger partial charge in [0.25, 0.3) is 0 Å². The van der Waals surface area contributed by atoms with E-state index >= 15 is 0 Å². The molecule has 0 atom stereocenters. The number of rotatable bonds is 3. The first-order chi connectivity index (χ1) is 5.75. The molecule has 0 unspecified atom stereocenters. The molecule has 3 heteroatoms. The predicted molar refractivity (Wildman–Crippen MR) is 56.5 cm³/mol. The smallest absolute Gasteiger partial charge is 0.136 e. The standard InChI is InChI=1S/C9H11FIN/c1-2-12-6-7-4-3-5-8(10)9(7)11/h3-5,12H,2,6H2,1H3. The molecule has 0 aromatic heterocycles. The number of benzene rings is 1. The Hall–Kier alpha value is -0.160. The highest BCUT2D eigenvalue weighted by Crippen LogP contribution is 2.15. The SMILES string of the molecule is CCNCc1cccc(F)c1I. The molecule has 0 aliphatic carbocycles. The third kappa shape index (κ3) is 2.42. The first-order valence-electron chi connectivity index (χ1n) is 3.89. The number of nitrogens with one attached hydrogen (secondary N) is 1. The van der Waals surface area contributed by atoms with Crippen LogP contribution in [0.3, 0.4) is 0 Å². The topological polar surface area (TPSA) is 12.0 Å². The van der Waals surface area contributed by atoms with Crippen molar-refractivity contribution in [1.29, 1.82) is 0 Å². The minimum atomic E-state index is -0.133. The van der Waals surface area contributed by atoms with Gasteiger partial charge < -0.3 is 5.32 Å². The van der Waals surface area contributed by atoms with Gasteiger partial charge in [-0.2, -0.15) is 0 Å². The zero-order valence-corrected chi connectivity index (χ0v) is 9.06. The Balaban J connectivity index is 2.78. The van der Waals surface area contributed by atoms with Crippen LogP contribution >= 0.6 is 22.6 Å². The fourth-order valence-electron chi connectivity index (χ4n) is 0.945. The van der Waals surface area contributed by atoms with Crippen LogP contribution in [0.15, 0.2) is 18.2 Å². The lowest BCUT2D eigenvalue weighted by molar-refractivity contribution is 0.613. The van der Waals surface area contributed by atoms with E-state index in [-0.39, 0.29) is 5.82 Å². The molecular weight excluding hydrogens is 268 g/mol. The van der Waals surface area contributed by atoms with E-state index in [1.165, 1.54) is 6.07 Å². The maximum atomic E-state index is 13.0. The maximum Gasteiger partial charge on any atom is 0.136 e. The summed E-state index contributed by atoms with van der Waals surface area (Å²) in [6.45, 7) is 3.69. The zero-order valence-electron chi connectivity index (χ0n) is 6.90. The molecule has 1 rings (SSSR count). The second-order valence-corrected chi connectivity index (χ2v) is 3.57. The van der Waals surface area contributed by atoms with Crippen LogP contribution in [-0.4, -0.2) is 6.54 Å². The van der Waals surface area contributed by atoms with Crippen LogP contribution in [0.25, 0.3) is 0 Å². The van der Waals surface area contributed by atoms with Gasteiger partial charge in [-0.05, 0) is 40.8 Å². The van der Waals surface area contributed by atoms with Gasteiger partial charge in [0.1, 0.15) is 5.82 Å². The van der Waals surface area contributed by atoms with Crippen LogP contribution in [0.1, 0.15) is 12.5 Å². The molecule has 1 nitrogen and oxygen atoms in total. The Morgan fingerprint density at radius 3 is 2.92 bits per heavy atom. The van der Waals surface area contributed by atoms with Gasteiger partial charge in [-0.3, -0.25) is 0 Å². The Morgan fingerprint density at radius 2 is 2.25 bits per heavy atom. The molecule has 0 saturated carbocycles. The number of halogens is 2. The Labute approximate surface area is 85.5 Å². The summed E-state index contributed by atoms with van der Waals surface area (Å²) in [4.78, 5) is 0. The highest BCUT2D eigenvalue weighted by Gasteiger charge is 2.02. The van der Waals surface area contributed by atoms with Crippen molar-refractivity contribution >= 4 is 22.6 Å². The highest BCUT2D eigenvalue weighted by molar-refractivity contribution is 14.1. The minimum absolute atomic E-state index is 0.133. The summed E-state index contributed by atoms with van der Waals surface area (Å²) in [5, 5.41) is 3.16. The summed E-state index contributed by atoms with van der Waals surface area (Å²) in [6, 6.07) is 5.16. The summed E-state index contributed by atoms with van der Waals surface area (Å²) >= 11 is 2.03. The fraction of sp³-hybridized carbons (Fsp3) is 0.333. The van der Waals surface area contributed by atoms with Gasteiger partial charge in [0.2, 0.25) is 0 Å². The predicted octanol–water partition coefficient (Wildman–Crippen LogP) is 2.54. The van der Waals surface area contributed by atoms with Gasteiger partial charge in [0.15, 0.2) is 0 Å². The first-order valence-corrected chi connectivity index (χ1v) is 4.97. The van der Waals surface area contributed by atoms with Crippen molar-refractivity contribution in [2.75, 3.05) is 6.54 Å². The van der Waals surface area contributed by atoms with Crippen molar-refractivity contribution in [2.45, 2.75) is 13.5 Å². The lowest BCUT2D eigenvalue weighted by Crippen LogP contribution is -2.13. The number of hydrogen-bond acceptors (Lipinski definition) is 1. The van der Waals surface area contributed by atoms with Crippen molar-refractivity contribution in [3.63, 3.8) is 0 Å². The van der Waals surface area contributed by atoms with Gasteiger partial charge in [-0.25, -0.2) is 4.39 Å². The van der Waals surface area contributed by atoms with E-state index in [9.17, 15) is 4.39 Å². The lowest BCUT2D eigenvalue weighted by atomic mass is 10.2. The maximum absolute atomic E-state index is 13.0. The minimum Gasteiger partial charge on any atom is -0.313 e. The Kier molecular flexibility index (Phi) is 3.94. The van der Waals surface area contributed by atoms with Crippen LogP contribution in [0.2, 0.25) is 0 Å². The normalized spacial score (nSPS) is 10.2. The molecule has 1 aromatic rings. The third-order valence-corrected chi connectivity index (χ3v) is 2.81. The Bertz CT molecular complexity index is 263. The molecule has 0 radical (unpaired) electrons. The summed E-state index contributed by atoms with van der Waals surface area (Å²) in [7, 11) is 0. The molecule has 0 aliphatic heterocycles. The molecule has 0 heterocycles. The number of hydrogen-bond donors (Lipinski definition) is 1. The zero-order chi connectivity index (χ0) is 8.97. The fourth-order valence-corrected chi connectivity index (χ4v) is 1.49. The molecular formula is C9H11FIN. The Morgan fingerprint density at radius 1 is 1.50 bits per heavy atom. The van der Waals surface area contributed by atoms with Crippen LogP contribution in [0.4, 0.5) is 4.39 Å². The molecule has 0 bridgehead atoms. The summed E-state index contributed by atoms with van der Waals surface area (Å²) in [5.41, 5.74) is 1.03. The van der Waals surface area contributed by atoms with Crippen molar-refractivity contribution < 1.29 is 4.39 Å². The molecule has 1 aromatic carbocycles. The van der Waals surface area contributed by atoms with Gasteiger partial charge in [-0.15, -0.1) is 0 Å². The molecule has 0 spiro atoms. The average Bonchev–Trinajstić information content (AvgIpc) is 2.08. The third-order valence-electron chi connectivity index (χ3n) is 1.60. The average molecular weight is 279 g/mol. The first kappa shape index (κ1) is 9.92. The second kappa shape index (κ2) is 4.77. The summed E-state index contributed by atoms with van der Waals surface area (Å²) < 4.78 is 13.7. The van der Waals surface area contributed by atoms with Crippen molar-refractivity contribution in [3.05, 3.63) is 33.1 Å². The van der Waals surface area contributed by atoms with Gasteiger partial charge in [0, 0.05) is 6.54 Å². The van der Waals surface area contributed by atoms with E-state index in [4.69, 9.17) is 0 Å². The molecule has 12 heavy (non-hydrogen) atoms. The van der Waals surface area contributed by atoms with Crippen LogP contribution in [-0.2, 0) is 6.54 Å². The molecule has 0 aliphatic rings. The van der Waals surface area contributed by atoms with E-state index in [2.05, 4.69) is 5.32 Å². The largest absolute Gasteiger partial charge is 0.313 e. The van der Waals surface area contributed by atoms with Gasteiger partial charge in [-0.1, -0.05) is 19.1 Å². The molecule has 0 saturated heterocycles. The highest BCUT2D eigenvalue weighted by atomic mass is 127. The lowest BCUT2D eigenvalue weighted by Gasteiger charge is -2.04. The second-order valence-electron chi connectivity index (χ2n) is 2.49. The van der Waals surface area contributed by atoms with E-state index in [0.717, 1.165) is 22.2 Å². The van der Waals surface area contributed by atoms with Crippen molar-refractivity contribution in [2.24, 2.45) is 0 Å². The van der Waals surface area contributed by atoms with Crippen molar-refractivity contribution in [3.8, 4) is 0 Å². The van der Waals surface area contributed by atoms with Crippen LogP contribution in [0, 0.1) is 9.39 Å². The van der Waals surface area contributed by atoms with E-state index in [0.29, 0.717) is 0 Å². The van der Waals surface area contributed by atoms with E-state index in [1.54, 1.807) is 6.07 Å². The van der Waals surface area contributed by atoms with Gasteiger partial charge in [0.05, 0.1) is 3.57 Å². The van der Waals surface area contributed by atoms with E-state index < -0.39 is 0 Å². The quantitative estimate of drug-likeness (QED) is 0.838. The monoisotopic (exact) mass is 279 g/mol. The molecule has 0 amide bonds. The summed E-state index contributed by atoms with van der Waals surface area (Å²) in [6.07, 6.45) is 0.